The van der Waals surface area contributed by atoms with Gasteiger partial charge in [-0.3, -0.25) is 0 Å². The van der Waals surface area contributed by atoms with E-state index in [0.29, 0.717) is 6.04 Å². The molecule has 0 aromatic heterocycles. The summed E-state index contributed by atoms with van der Waals surface area (Å²) in [6.45, 7) is 3.32. The van der Waals surface area contributed by atoms with E-state index in [-0.39, 0.29) is 0 Å². The molecule has 1 aliphatic carbocycles. The Morgan fingerprint density at radius 2 is 1.71 bits per heavy atom. The van der Waals surface area contributed by atoms with Crippen LogP contribution in [-0.4, -0.2) is 13.2 Å². The normalized spacial score (nSPS) is 22.4. The molecule has 2 nitrogen and oxygen atoms in total. The quantitative estimate of drug-likeness (QED) is 0.891. The summed E-state index contributed by atoms with van der Waals surface area (Å²) in [5.74, 6) is 1.87. The molecule has 3 rings (SSSR count). The number of ether oxygens (including phenoxy) is 1. The molecule has 0 amide bonds. The molecule has 2 aromatic carbocycles. The van der Waals surface area contributed by atoms with Crippen LogP contribution >= 0.6 is 0 Å². The molecule has 112 valence electrons. The van der Waals surface area contributed by atoms with E-state index in [2.05, 4.69) is 48.6 Å². The standard InChI is InChI=1S/C19H25NO/c1-14-7-10-16(11-8-14)20-13-15-9-12-19(21-2)18-6-4-3-5-17(15)18/h3-6,9,12,14,16,20H,7-8,10-11,13H2,1-2H3. The molecule has 2 aromatic rings. The average Bonchev–Trinajstić information content (AvgIpc) is 2.54. The molecule has 0 aliphatic heterocycles. The molecule has 2 heteroatoms. The van der Waals surface area contributed by atoms with Gasteiger partial charge in [0.25, 0.3) is 0 Å². The Balaban J connectivity index is 1.75. The summed E-state index contributed by atoms with van der Waals surface area (Å²) in [7, 11) is 1.74. The summed E-state index contributed by atoms with van der Waals surface area (Å²) in [6, 6.07) is 13.5. The molecule has 0 bridgehead atoms. The Morgan fingerprint density at radius 3 is 2.43 bits per heavy atom. The zero-order chi connectivity index (χ0) is 14.7. The van der Waals surface area contributed by atoms with Crippen molar-refractivity contribution in [2.45, 2.75) is 45.2 Å². The topological polar surface area (TPSA) is 21.3 Å². The molecular formula is C19H25NO. The summed E-state index contributed by atoms with van der Waals surface area (Å²) in [6.07, 6.45) is 5.35. The lowest BCUT2D eigenvalue weighted by atomic mass is 9.87. The van der Waals surface area contributed by atoms with Crippen molar-refractivity contribution in [3.63, 3.8) is 0 Å². The minimum atomic E-state index is 0.682. The lowest BCUT2D eigenvalue weighted by Crippen LogP contribution is -2.32. The van der Waals surface area contributed by atoms with Crippen LogP contribution in [0.2, 0.25) is 0 Å². The molecule has 1 aliphatic rings. The maximum absolute atomic E-state index is 5.47. The zero-order valence-corrected chi connectivity index (χ0v) is 13.1. The van der Waals surface area contributed by atoms with Gasteiger partial charge in [-0.25, -0.2) is 0 Å². The largest absolute Gasteiger partial charge is 0.496 e. The van der Waals surface area contributed by atoms with Crippen molar-refractivity contribution in [3.8, 4) is 5.75 Å². The van der Waals surface area contributed by atoms with Crippen LogP contribution in [0.5, 0.6) is 5.75 Å². The van der Waals surface area contributed by atoms with E-state index in [9.17, 15) is 0 Å². The van der Waals surface area contributed by atoms with Crippen LogP contribution in [0.3, 0.4) is 0 Å². The highest BCUT2D eigenvalue weighted by molar-refractivity contribution is 5.91. The molecule has 1 saturated carbocycles. The highest BCUT2D eigenvalue weighted by atomic mass is 16.5. The Bertz CT molecular complexity index is 600. The first-order valence-electron chi connectivity index (χ1n) is 8.06. The molecule has 0 unspecified atom stereocenters. The second-order valence-corrected chi connectivity index (χ2v) is 6.31. The first kappa shape index (κ1) is 14.4. The fourth-order valence-electron chi connectivity index (χ4n) is 3.38. The van der Waals surface area contributed by atoms with Crippen molar-refractivity contribution in [2.75, 3.05) is 7.11 Å². The van der Waals surface area contributed by atoms with E-state index in [0.717, 1.165) is 18.2 Å². The maximum Gasteiger partial charge on any atom is 0.126 e. The highest BCUT2D eigenvalue weighted by Crippen LogP contribution is 2.29. The van der Waals surface area contributed by atoms with E-state index in [1.165, 1.54) is 42.0 Å². The Morgan fingerprint density at radius 1 is 1.00 bits per heavy atom. The molecule has 1 N–H and O–H groups in total. The zero-order valence-electron chi connectivity index (χ0n) is 13.1. The molecule has 0 spiro atoms. The van der Waals surface area contributed by atoms with Crippen molar-refractivity contribution in [2.24, 2.45) is 5.92 Å². The van der Waals surface area contributed by atoms with Crippen LogP contribution in [0.1, 0.15) is 38.2 Å². The van der Waals surface area contributed by atoms with Crippen molar-refractivity contribution in [1.29, 1.82) is 0 Å². The lowest BCUT2D eigenvalue weighted by molar-refractivity contribution is 0.307. The third kappa shape index (κ3) is 3.21. The number of nitrogens with one attached hydrogen (secondary N) is 1. The Kier molecular flexibility index (Phi) is 4.45. The fourth-order valence-corrected chi connectivity index (χ4v) is 3.38. The second kappa shape index (κ2) is 6.48. The van der Waals surface area contributed by atoms with Gasteiger partial charge in [0.15, 0.2) is 0 Å². The smallest absolute Gasteiger partial charge is 0.126 e. The molecular weight excluding hydrogens is 258 g/mol. The average molecular weight is 283 g/mol. The minimum Gasteiger partial charge on any atom is -0.496 e. The molecule has 1 fully saturated rings. The van der Waals surface area contributed by atoms with E-state index >= 15 is 0 Å². The Hall–Kier alpha value is -1.54. The van der Waals surface area contributed by atoms with E-state index in [1.807, 2.05) is 0 Å². The number of benzene rings is 2. The van der Waals surface area contributed by atoms with Crippen LogP contribution in [0.15, 0.2) is 36.4 Å². The predicted molar refractivity (Wildman–Crippen MR) is 88.8 cm³/mol. The van der Waals surface area contributed by atoms with Crippen LogP contribution in [0, 0.1) is 5.92 Å². The van der Waals surface area contributed by atoms with Gasteiger partial charge in [0.2, 0.25) is 0 Å². The molecule has 21 heavy (non-hydrogen) atoms. The Labute approximate surface area is 127 Å². The van der Waals surface area contributed by atoms with Gasteiger partial charge in [-0.1, -0.05) is 37.3 Å². The van der Waals surface area contributed by atoms with Crippen molar-refractivity contribution < 1.29 is 4.74 Å². The van der Waals surface area contributed by atoms with Crippen LogP contribution in [0.4, 0.5) is 0 Å². The fraction of sp³-hybridized carbons (Fsp3) is 0.474. The first-order chi connectivity index (χ1) is 10.3. The molecule has 0 atom stereocenters. The summed E-state index contributed by atoms with van der Waals surface area (Å²) in [4.78, 5) is 0. The molecule has 0 saturated heterocycles. The van der Waals surface area contributed by atoms with Crippen molar-refractivity contribution in [3.05, 3.63) is 42.0 Å². The van der Waals surface area contributed by atoms with Gasteiger partial charge in [0.1, 0.15) is 5.75 Å². The summed E-state index contributed by atoms with van der Waals surface area (Å²) in [5.41, 5.74) is 1.37. The van der Waals surface area contributed by atoms with Gasteiger partial charge in [-0.05, 0) is 48.6 Å². The monoisotopic (exact) mass is 283 g/mol. The molecule has 0 heterocycles. The second-order valence-electron chi connectivity index (χ2n) is 6.31. The number of rotatable bonds is 4. The first-order valence-corrected chi connectivity index (χ1v) is 8.06. The van der Waals surface area contributed by atoms with Crippen molar-refractivity contribution >= 4 is 10.8 Å². The number of fused-ring (bicyclic) bond motifs is 1. The molecule has 0 radical (unpaired) electrons. The number of hydrogen-bond donors (Lipinski definition) is 1. The van der Waals surface area contributed by atoms with E-state index in [4.69, 9.17) is 4.74 Å². The predicted octanol–water partition coefficient (Wildman–Crippen LogP) is 4.52. The van der Waals surface area contributed by atoms with Gasteiger partial charge in [-0.2, -0.15) is 0 Å². The van der Waals surface area contributed by atoms with Crippen LogP contribution in [0.25, 0.3) is 10.8 Å². The van der Waals surface area contributed by atoms with Crippen molar-refractivity contribution in [1.82, 2.24) is 5.32 Å². The van der Waals surface area contributed by atoms with E-state index < -0.39 is 0 Å². The number of methoxy groups -OCH3 is 1. The lowest BCUT2D eigenvalue weighted by Gasteiger charge is -2.27. The van der Waals surface area contributed by atoms with Gasteiger partial charge < -0.3 is 10.1 Å². The third-order valence-corrected chi connectivity index (χ3v) is 4.79. The van der Waals surface area contributed by atoms with Gasteiger partial charge >= 0.3 is 0 Å². The van der Waals surface area contributed by atoms with Crippen LogP contribution < -0.4 is 10.1 Å². The van der Waals surface area contributed by atoms with Gasteiger partial charge in [0.05, 0.1) is 7.11 Å². The third-order valence-electron chi connectivity index (χ3n) is 4.79. The van der Waals surface area contributed by atoms with Gasteiger partial charge in [-0.15, -0.1) is 0 Å². The number of hydrogen-bond acceptors (Lipinski definition) is 2. The maximum atomic E-state index is 5.47. The van der Waals surface area contributed by atoms with E-state index in [1.54, 1.807) is 7.11 Å². The van der Waals surface area contributed by atoms with Gasteiger partial charge in [0, 0.05) is 18.0 Å². The highest BCUT2D eigenvalue weighted by Gasteiger charge is 2.17. The minimum absolute atomic E-state index is 0.682. The SMILES string of the molecule is COc1ccc(CNC2CCC(C)CC2)c2ccccc12. The summed E-state index contributed by atoms with van der Waals surface area (Å²) >= 11 is 0. The summed E-state index contributed by atoms with van der Waals surface area (Å²) in [5, 5.41) is 6.25. The van der Waals surface area contributed by atoms with Crippen LogP contribution in [-0.2, 0) is 6.54 Å². The summed E-state index contributed by atoms with van der Waals surface area (Å²) < 4.78 is 5.47.